The predicted molar refractivity (Wildman–Crippen MR) is 40.1 cm³/mol. The SMILES string of the molecule is C[C@@H]1OC(C)(C)OC[C@H]1C=O. The second-order valence-corrected chi connectivity index (χ2v) is 3.33. The maximum absolute atomic E-state index is 10.4. The maximum Gasteiger partial charge on any atom is 0.163 e. The Morgan fingerprint density at radius 2 is 2.18 bits per heavy atom. The summed E-state index contributed by atoms with van der Waals surface area (Å²) in [5.41, 5.74) is 0. The van der Waals surface area contributed by atoms with Crippen LogP contribution in [0.25, 0.3) is 0 Å². The van der Waals surface area contributed by atoms with Crippen LogP contribution in [0, 0.1) is 5.92 Å². The molecule has 1 rings (SSSR count). The highest BCUT2D eigenvalue weighted by atomic mass is 16.7. The van der Waals surface area contributed by atoms with E-state index < -0.39 is 5.79 Å². The molecule has 1 aliphatic rings. The Bertz CT molecular complexity index is 153. The van der Waals surface area contributed by atoms with E-state index in [1.807, 2.05) is 20.8 Å². The van der Waals surface area contributed by atoms with E-state index >= 15 is 0 Å². The van der Waals surface area contributed by atoms with Crippen molar-refractivity contribution in [3.8, 4) is 0 Å². The first-order valence-corrected chi connectivity index (χ1v) is 3.82. The number of carbonyl (C=O) groups excluding carboxylic acids is 1. The molecule has 0 aliphatic carbocycles. The Morgan fingerprint density at radius 3 is 2.64 bits per heavy atom. The lowest BCUT2D eigenvalue weighted by atomic mass is 10.1. The number of rotatable bonds is 1. The van der Waals surface area contributed by atoms with Gasteiger partial charge in [-0.1, -0.05) is 0 Å². The molecule has 1 aliphatic heterocycles. The maximum atomic E-state index is 10.4. The Labute approximate surface area is 66.7 Å². The molecule has 3 nitrogen and oxygen atoms in total. The van der Waals surface area contributed by atoms with E-state index in [0.29, 0.717) is 6.61 Å². The third-order valence-corrected chi connectivity index (χ3v) is 1.87. The zero-order valence-electron chi connectivity index (χ0n) is 7.16. The normalized spacial score (nSPS) is 36.6. The van der Waals surface area contributed by atoms with Gasteiger partial charge in [0, 0.05) is 0 Å². The second-order valence-electron chi connectivity index (χ2n) is 3.33. The monoisotopic (exact) mass is 158 g/mol. The Hall–Kier alpha value is -0.410. The number of ether oxygens (including phenoxy) is 2. The van der Waals surface area contributed by atoms with Gasteiger partial charge in [0.25, 0.3) is 0 Å². The fourth-order valence-electron chi connectivity index (χ4n) is 1.15. The summed E-state index contributed by atoms with van der Waals surface area (Å²) in [5, 5.41) is 0. The van der Waals surface area contributed by atoms with Crippen LogP contribution in [-0.4, -0.2) is 24.8 Å². The van der Waals surface area contributed by atoms with Crippen LogP contribution in [0.5, 0.6) is 0 Å². The smallest absolute Gasteiger partial charge is 0.163 e. The standard InChI is InChI=1S/C8H14O3/c1-6-7(4-9)5-10-8(2,3)11-6/h4,6-7H,5H2,1-3H3/t6-,7+/m0/s1. The molecule has 0 aromatic heterocycles. The van der Waals surface area contributed by atoms with Crippen molar-refractivity contribution in [1.82, 2.24) is 0 Å². The average Bonchev–Trinajstić information content (AvgIpc) is 1.86. The van der Waals surface area contributed by atoms with Crippen molar-refractivity contribution < 1.29 is 14.3 Å². The molecular formula is C8H14O3. The van der Waals surface area contributed by atoms with Gasteiger partial charge in [0.2, 0.25) is 0 Å². The molecule has 0 bridgehead atoms. The van der Waals surface area contributed by atoms with Crippen LogP contribution in [0.2, 0.25) is 0 Å². The van der Waals surface area contributed by atoms with Crippen LogP contribution in [0.3, 0.4) is 0 Å². The highest BCUT2D eigenvalue weighted by Crippen LogP contribution is 2.24. The molecule has 11 heavy (non-hydrogen) atoms. The van der Waals surface area contributed by atoms with Crippen molar-refractivity contribution in [2.75, 3.05) is 6.61 Å². The van der Waals surface area contributed by atoms with Gasteiger partial charge in [0.1, 0.15) is 6.29 Å². The van der Waals surface area contributed by atoms with Gasteiger partial charge in [-0.05, 0) is 20.8 Å². The van der Waals surface area contributed by atoms with Crippen molar-refractivity contribution in [2.24, 2.45) is 5.92 Å². The first-order valence-electron chi connectivity index (χ1n) is 3.82. The van der Waals surface area contributed by atoms with Gasteiger partial charge >= 0.3 is 0 Å². The summed E-state index contributed by atoms with van der Waals surface area (Å²) in [4.78, 5) is 10.4. The Morgan fingerprint density at radius 1 is 1.55 bits per heavy atom. The highest BCUT2D eigenvalue weighted by molar-refractivity contribution is 5.54. The number of hydrogen-bond acceptors (Lipinski definition) is 3. The number of hydrogen-bond donors (Lipinski definition) is 0. The van der Waals surface area contributed by atoms with Crippen LogP contribution in [0.4, 0.5) is 0 Å². The van der Waals surface area contributed by atoms with Crippen LogP contribution in [-0.2, 0) is 14.3 Å². The lowest BCUT2D eigenvalue weighted by Gasteiger charge is -2.37. The van der Waals surface area contributed by atoms with Crippen molar-refractivity contribution in [2.45, 2.75) is 32.7 Å². The summed E-state index contributed by atoms with van der Waals surface area (Å²) in [6.45, 7) is 6.07. The fraction of sp³-hybridized carbons (Fsp3) is 0.875. The van der Waals surface area contributed by atoms with Crippen molar-refractivity contribution in [1.29, 1.82) is 0 Å². The van der Waals surface area contributed by atoms with E-state index in [2.05, 4.69) is 0 Å². The summed E-state index contributed by atoms with van der Waals surface area (Å²) < 4.78 is 10.7. The van der Waals surface area contributed by atoms with Crippen LogP contribution >= 0.6 is 0 Å². The van der Waals surface area contributed by atoms with Crippen LogP contribution in [0.15, 0.2) is 0 Å². The van der Waals surface area contributed by atoms with Gasteiger partial charge < -0.3 is 14.3 Å². The molecule has 0 spiro atoms. The summed E-state index contributed by atoms with van der Waals surface area (Å²) in [5.74, 6) is -0.637. The molecule has 0 saturated carbocycles. The van der Waals surface area contributed by atoms with Gasteiger partial charge in [-0.25, -0.2) is 0 Å². The van der Waals surface area contributed by atoms with Gasteiger partial charge in [-0.3, -0.25) is 0 Å². The molecule has 0 N–H and O–H groups in total. The van der Waals surface area contributed by atoms with Crippen LogP contribution < -0.4 is 0 Å². The van der Waals surface area contributed by atoms with Gasteiger partial charge in [0.15, 0.2) is 5.79 Å². The first-order chi connectivity index (χ1) is 5.05. The molecule has 1 saturated heterocycles. The molecule has 1 fully saturated rings. The molecule has 0 unspecified atom stereocenters. The fourth-order valence-corrected chi connectivity index (χ4v) is 1.15. The highest BCUT2D eigenvalue weighted by Gasteiger charge is 2.33. The largest absolute Gasteiger partial charge is 0.350 e. The van der Waals surface area contributed by atoms with Crippen molar-refractivity contribution in [3.63, 3.8) is 0 Å². The second kappa shape index (κ2) is 2.91. The molecule has 1 heterocycles. The van der Waals surface area contributed by atoms with E-state index in [1.165, 1.54) is 0 Å². The Balaban J connectivity index is 2.54. The lowest BCUT2D eigenvalue weighted by molar-refractivity contribution is -0.282. The minimum atomic E-state index is -0.529. The van der Waals surface area contributed by atoms with E-state index in [-0.39, 0.29) is 12.0 Å². The quantitative estimate of drug-likeness (QED) is 0.533. The van der Waals surface area contributed by atoms with Gasteiger partial charge in [0.05, 0.1) is 18.6 Å². The third kappa shape index (κ3) is 2.01. The van der Waals surface area contributed by atoms with E-state index in [1.54, 1.807) is 0 Å². The van der Waals surface area contributed by atoms with Crippen molar-refractivity contribution >= 4 is 6.29 Å². The third-order valence-electron chi connectivity index (χ3n) is 1.87. The molecule has 3 heteroatoms. The summed E-state index contributed by atoms with van der Waals surface area (Å²) in [7, 11) is 0. The van der Waals surface area contributed by atoms with E-state index in [0.717, 1.165) is 6.29 Å². The number of aldehydes is 1. The average molecular weight is 158 g/mol. The molecular weight excluding hydrogens is 144 g/mol. The van der Waals surface area contributed by atoms with E-state index in [9.17, 15) is 4.79 Å². The summed E-state index contributed by atoms with van der Waals surface area (Å²) in [6.07, 6.45) is 0.858. The van der Waals surface area contributed by atoms with E-state index in [4.69, 9.17) is 9.47 Å². The summed E-state index contributed by atoms with van der Waals surface area (Å²) >= 11 is 0. The molecule has 0 aromatic carbocycles. The summed E-state index contributed by atoms with van der Waals surface area (Å²) in [6, 6.07) is 0. The minimum Gasteiger partial charge on any atom is -0.350 e. The minimum absolute atomic E-state index is 0.0313. The predicted octanol–water partition coefficient (Wildman–Crippen LogP) is 0.973. The molecule has 0 radical (unpaired) electrons. The molecule has 0 aromatic rings. The molecule has 0 amide bonds. The first kappa shape index (κ1) is 8.68. The lowest BCUT2D eigenvalue weighted by Crippen LogP contribution is -2.44. The topological polar surface area (TPSA) is 35.5 Å². The zero-order chi connectivity index (χ0) is 8.48. The van der Waals surface area contributed by atoms with Gasteiger partial charge in [-0.15, -0.1) is 0 Å². The molecule has 64 valence electrons. The van der Waals surface area contributed by atoms with Crippen LogP contribution in [0.1, 0.15) is 20.8 Å². The van der Waals surface area contributed by atoms with Crippen molar-refractivity contribution in [3.05, 3.63) is 0 Å². The van der Waals surface area contributed by atoms with Gasteiger partial charge in [-0.2, -0.15) is 0 Å². The molecule has 2 atom stereocenters. The number of carbonyl (C=O) groups is 1. The Kier molecular flexibility index (Phi) is 2.30. The zero-order valence-corrected chi connectivity index (χ0v) is 7.16.